The van der Waals surface area contributed by atoms with Crippen molar-refractivity contribution in [3.05, 3.63) is 144 Å². The van der Waals surface area contributed by atoms with Crippen LogP contribution in [0.4, 0.5) is 0 Å². The summed E-state index contributed by atoms with van der Waals surface area (Å²) in [5.74, 6) is 0. The van der Waals surface area contributed by atoms with Crippen LogP contribution < -0.4 is 0 Å². The Morgan fingerprint density at radius 1 is 0.306 bits per heavy atom. The van der Waals surface area contributed by atoms with Crippen LogP contribution in [0.5, 0.6) is 0 Å². The van der Waals surface area contributed by atoms with Gasteiger partial charge in [0.05, 0.1) is 4.01 Å². The number of hydrogen-bond donors (Lipinski definition) is 0. The lowest BCUT2D eigenvalue weighted by atomic mass is 9.98. The van der Waals surface area contributed by atoms with Crippen LogP contribution in [-0.4, -0.2) is 0 Å². The quantitative estimate of drug-likeness (QED) is 0.0907. The van der Waals surface area contributed by atoms with Crippen molar-refractivity contribution in [3.63, 3.8) is 0 Å². The molecule has 0 saturated heterocycles. The lowest BCUT2D eigenvalue weighted by Gasteiger charge is -2.05. The number of benzene rings is 6. The molecule has 6 aromatic carbocycles. The molecule has 0 fully saturated rings. The topological polar surface area (TPSA) is 0 Å². The van der Waals surface area contributed by atoms with Gasteiger partial charge in [0.25, 0.3) is 0 Å². The maximum absolute atomic E-state index is 2.56. The van der Waals surface area contributed by atoms with Gasteiger partial charge in [-0.1, -0.05) is 150 Å². The Morgan fingerprint density at radius 3 is 0.855 bits per heavy atom. The Hall–Kier alpha value is -4.58. The molecule has 0 aliphatic rings. The first kappa shape index (κ1) is 41.4. The zero-order chi connectivity index (χ0) is 42.2. The van der Waals surface area contributed by atoms with Crippen molar-refractivity contribution >= 4 is 96.5 Å². The van der Waals surface area contributed by atoms with E-state index < -0.39 is 0 Å². The molecule has 0 nitrogen and oxygen atoms in total. The van der Waals surface area contributed by atoms with E-state index in [9.17, 15) is 0 Å². The highest BCUT2D eigenvalue weighted by atomic mass is 32.2. The maximum atomic E-state index is 2.56. The first-order valence-corrected chi connectivity index (χ1v) is 26.5. The van der Waals surface area contributed by atoms with Crippen molar-refractivity contribution in [2.45, 2.75) is 105 Å². The molecule has 10 rings (SSSR count). The molecule has 0 saturated carbocycles. The summed E-state index contributed by atoms with van der Waals surface area (Å²) in [6.07, 6.45) is 14.4. The van der Waals surface area contributed by atoms with Crippen LogP contribution in [0.3, 0.4) is 0 Å². The first-order valence-electron chi connectivity index (χ1n) is 23.2. The fourth-order valence-corrected chi connectivity index (χ4v) is 14.4. The van der Waals surface area contributed by atoms with Crippen molar-refractivity contribution in [2.75, 3.05) is 0 Å². The van der Waals surface area contributed by atoms with E-state index in [0.29, 0.717) is 0 Å². The van der Waals surface area contributed by atoms with Gasteiger partial charge in [-0.2, -0.15) is 0 Å². The standard InChI is InChI=1S/C58H56S4/c1-5-9-13-37-17-25-41(26-18-37)54-45-33-49-51(35-47(45)56(61-54)43-29-21-39(22-30-43)15-11-7-3)59-58-53(49)50-34-46-48(36-52(50)60-58)57(44-31-23-40(24-32-44)16-12-8-4)62-55(46)42-27-19-38(20-28-42)14-10-6-2/h17-36H,5-16H2,1-4H3. The van der Waals surface area contributed by atoms with Gasteiger partial charge < -0.3 is 0 Å². The molecule has 0 aliphatic heterocycles. The van der Waals surface area contributed by atoms with E-state index in [0.717, 1.165) is 25.7 Å². The highest BCUT2D eigenvalue weighted by Gasteiger charge is 2.22. The largest absolute Gasteiger partial charge is 0.134 e. The fraction of sp³-hybridized carbons (Fsp3) is 0.276. The van der Waals surface area contributed by atoms with E-state index in [2.05, 4.69) is 149 Å². The van der Waals surface area contributed by atoms with Gasteiger partial charge in [-0.15, -0.1) is 45.3 Å². The van der Waals surface area contributed by atoms with Crippen LogP contribution in [0, 0.1) is 0 Å². The molecule has 0 aliphatic carbocycles. The van der Waals surface area contributed by atoms with Gasteiger partial charge in [-0.3, -0.25) is 0 Å². The third-order valence-corrected chi connectivity index (χ3v) is 17.9. The van der Waals surface area contributed by atoms with Crippen LogP contribution in [0.2, 0.25) is 0 Å². The minimum absolute atomic E-state index is 1.15. The molecule has 0 spiro atoms. The number of fused-ring (bicyclic) bond motifs is 7. The predicted octanol–water partition coefficient (Wildman–Crippen LogP) is 19.7. The first-order chi connectivity index (χ1) is 30.5. The second-order valence-electron chi connectivity index (χ2n) is 17.4. The van der Waals surface area contributed by atoms with E-state index in [1.165, 1.54) is 166 Å². The van der Waals surface area contributed by atoms with Crippen LogP contribution in [0.1, 0.15) is 101 Å². The van der Waals surface area contributed by atoms with Gasteiger partial charge in [0.1, 0.15) is 0 Å². The van der Waals surface area contributed by atoms with Crippen LogP contribution in [0.15, 0.2) is 121 Å². The van der Waals surface area contributed by atoms with Crippen molar-refractivity contribution < 1.29 is 0 Å². The Balaban J connectivity index is 1.15. The molecule has 10 aromatic rings. The van der Waals surface area contributed by atoms with Gasteiger partial charge in [-0.25, -0.2) is 0 Å². The fourth-order valence-electron chi connectivity index (χ4n) is 9.25. The molecule has 4 aromatic heterocycles. The Kier molecular flexibility index (Phi) is 12.2. The second-order valence-corrected chi connectivity index (χ2v) is 21.8. The predicted molar refractivity (Wildman–Crippen MR) is 282 cm³/mol. The van der Waals surface area contributed by atoms with Crippen LogP contribution in [-0.2, 0) is 25.7 Å². The summed E-state index contributed by atoms with van der Waals surface area (Å²) in [6, 6.07) is 48.1. The molecular weight excluding hydrogens is 825 g/mol. The third-order valence-electron chi connectivity index (χ3n) is 12.9. The Morgan fingerprint density at radius 2 is 0.581 bits per heavy atom. The molecule has 0 atom stereocenters. The number of unbranched alkanes of at least 4 members (excludes halogenated alkanes) is 4. The summed E-state index contributed by atoms with van der Waals surface area (Å²) in [5.41, 5.74) is 11.0. The van der Waals surface area contributed by atoms with E-state index >= 15 is 0 Å². The average molecular weight is 881 g/mol. The van der Waals surface area contributed by atoms with E-state index in [-0.39, 0.29) is 0 Å². The molecule has 0 amide bonds. The Labute approximate surface area is 383 Å². The highest BCUT2D eigenvalue weighted by molar-refractivity contribution is 7.44. The van der Waals surface area contributed by atoms with Crippen molar-refractivity contribution in [2.24, 2.45) is 0 Å². The maximum Gasteiger partial charge on any atom is 0.0890 e. The van der Waals surface area contributed by atoms with E-state index in [1.807, 2.05) is 45.3 Å². The monoisotopic (exact) mass is 880 g/mol. The lowest BCUT2D eigenvalue weighted by molar-refractivity contribution is 0.795. The molecular formula is C58H56S4. The molecule has 62 heavy (non-hydrogen) atoms. The Bertz CT molecular complexity index is 2920. The lowest BCUT2D eigenvalue weighted by Crippen LogP contribution is -1.84. The number of rotatable bonds is 16. The number of thiophene rings is 4. The molecule has 0 N–H and O–H groups in total. The van der Waals surface area contributed by atoms with Crippen molar-refractivity contribution in [3.8, 4) is 41.8 Å². The van der Waals surface area contributed by atoms with Gasteiger partial charge in [-0.05, 0) is 120 Å². The smallest absolute Gasteiger partial charge is 0.0890 e. The summed E-state index contributed by atoms with van der Waals surface area (Å²) >= 11 is 7.91. The third kappa shape index (κ3) is 7.98. The van der Waals surface area contributed by atoms with Crippen LogP contribution in [0.25, 0.3) is 92.9 Å². The van der Waals surface area contributed by atoms with Crippen LogP contribution >= 0.6 is 45.3 Å². The number of hydrogen-bond acceptors (Lipinski definition) is 4. The minimum Gasteiger partial charge on any atom is -0.134 e. The zero-order valence-electron chi connectivity index (χ0n) is 36.7. The van der Waals surface area contributed by atoms with Crippen molar-refractivity contribution in [1.29, 1.82) is 0 Å². The minimum atomic E-state index is 1.15. The normalized spacial score (nSPS) is 12.0. The molecule has 0 bridgehead atoms. The van der Waals surface area contributed by atoms with Gasteiger partial charge in [0.15, 0.2) is 0 Å². The number of aryl methyl sites for hydroxylation is 4. The summed E-state index contributed by atoms with van der Waals surface area (Å²) in [7, 11) is 0. The van der Waals surface area contributed by atoms with Gasteiger partial charge in [0, 0.05) is 66.6 Å². The van der Waals surface area contributed by atoms with E-state index in [4.69, 9.17) is 0 Å². The average Bonchev–Trinajstić information content (AvgIpc) is 4.07. The summed E-state index contributed by atoms with van der Waals surface area (Å²) in [6.45, 7) is 9.12. The van der Waals surface area contributed by atoms with Gasteiger partial charge >= 0.3 is 0 Å². The molecule has 4 heteroatoms. The molecule has 312 valence electrons. The molecule has 4 heterocycles. The summed E-state index contributed by atoms with van der Waals surface area (Å²) in [5, 5.41) is 9.71. The van der Waals surface area contributed by atoms with E-state index in [1.54, 1.807) is 0 Å². The van der Waals surface area contributed by atoms with Gasteiger partial charge in [0.2, 0.25) is 0 Å². The van der Waals surface area contributed by atoms with Crippen molar-refractivity contribution in [1.82, 2.24) is 0 Å². The summed E-state index contributed by atoms with van der Waals surface area (Å²) in [4.78, 5) is 5.52. The highest BCUT2D eigenvalue weighted by Crippen LogP contribution is 2.53. The molecule has 0 radical (unpaired) electrons. The SMILES string of the molecule is CCCCc1ccc(-c2sc(-c3ccc(CCCC)cc3)c3cc4c(cc23)sc2sc3cc5c(-c6ccc(CCCC)cc6)sc(-c6ccc(CCCC)cc6)c5cc3c24)cc1. The second kappa shape index (κ2) is 18.3. The zero-order valence-corrected chi connectivity index (χ0v) is 39.9. The molecule has 0 unspecified atom stereocenters. The summed E-state index contributed by atoms with van der Waals surface area (Å²) < 4.78 is 4.20.